The van der Waals surface area contributed by atoms with E-state index in [9.17, 15) is 4.79 Å². The van der Waals surface area contributed by atoms with Crippen molar-refractivity contribution >= 4 is 45.4 Å². The minimum atomic E-state index is -0.000966. The molecule has 0 bridgehead atoms. The second-order valence-electron chi connectivity index (χ2n) is 8.48. The molecule has 3 aromatic heterocycles. The summed E-state index contributed by atoms with van der Waals surface area (Å²) >= 11 is 1.61. The summed E-state index contributed by atoms with van der Waals surface area (Å²) in [5.41, 5.74) is 2.95. The SMILES string of the molecule is CCSc1nc(NCC(C)C)c2cnn(CCNC(=O)Cc3cn(C)c4ccccc34)c2n1. The maximum absolute atomic E-state index is 12.6. The van der Waals surface area contributed by atoms with Gasteiger partial charge in [0.15, 0.2) is 10.8 Å². The number of thioether (sulfide) groups is 1. The molecular weight excluding hydrogens is 434 g/mol. The summed E-state index contributed by atoms with van der Waals surface area (Å²) in [6.07, 6.45) is 4.18. The molecule has 1 amide bonds. The highest BCUT2D eigenvalue weighted by atomic mass is 32.2. The number of hydrogen-bond donors (Lipinski definition) is 2. The van der Waals surface area contributed by atoms with Crippen molar-refractivity contribution in [2.75, 3.05) is 24.2 Å². The number of fused-ring (bicyclic) bond motifs is 2. The highest BCUT2D eigenvalue weighted by Gasteiger charge is 2.14. The van der Waals surface area contributed by atoms with Crippen molar-refractivity contribution in [3.63, 3.8) is 0 Å². The van der Waals surface area contributed by atoms with Crippen LogP contribution in [0.2, 0.25) is 0 Å². The second-order valence-corrected chi connectivity index (χ2v) is 9.71. The molecule has 0 radical (unpaired) electrons. The van der Waals surface area contributed by atoms with Crippen LogP contribution in [0.5, 0.6) is 0 Å². The third-order valence-corrected chi connectivity index (χ3v) is 6.13. The maximum atomic E-state index is 12.6. The normalized spacial score (nSPS) is 11.5. The van der Waals surface area contributed by atoms with Gasteiger partial charge in [-0.3, -0.25) is 4.79 Å². The Morgan fingerprint density at radius 1 is 1.18 bits per heavy atom. The van der Waals surface area contributed by atoms with Crippen molar-refractivity contribution in [3.05, 3.63) is 42.2 Å². The van der Waals surface area contributed by atoms with Gasteiger partial charge in [-0.25, -0.2) is 14.6 Å². The van der Waals surface area contributed by atoms with Crippen molar-refractivity contribution in [2.45, 2.75) is 38.9 Å². The average molecular weight is 466 g/mol. The number of para-hydroxylation sites is 1. The molecule has 0 aliphatic rings. The Bertz CT molecular complexity index is 1260. The first kappa shape index (κ1) is 23.1. The summed E-state index contributed by atoms with van der Waals surface area (Å²) in [6.45, 7) is 8.27. The second kappa shape index (κ2) is 10.2. The van der Waals surface area contributed by atoms with Crippen molar-refractivity contribution in [1.82, 2.24) is 29.6 Å². The molecule has 174 valence electrons. The number of benzene rings is 1. The van der Waals surface area contributed by atoms with Gasteiger partial charge in [-0.1, -0.05) is 50.7 Å². The molecule has 0 aliphatic carbocycles. The van der Waals surface area contributed by atoms with Gasteiger partial charge in [-0.15, -0.1) is 0 Å². The molecule has 0 saturated carbocycles. The molecule has 3 heterocycles. The number of carbonyl (C=O) groups is 1. The monoisotopic (exact) mass is 465 g/mol. The number of aryl methyl sites for hydroxylation is 1. The van der Waals surface area contributed by atoms with E-state index in [1.54, 1.807) is 18.0 Å². The van der Waals surface area contributed by atoms with Crippen molar-refractivity contribution in [3.8, 4) is 0 Å². The zero-order chi connectivity index (χ0) is 23.4. The van der Waals surface area contributed by atoms with Gasteiger partial charge in [0.25, 0.3) is 0 Å². The zero-order valence-corrected chi connectivity index (χ0v) is 20.4. The minimum absolute atomic E-state index is 0.000966. The number of nitrogens with zero attached hydrogens (tertiary/aromatic N) is 5. The van der Waals surface area contributed by atoms with Crippen LogP contribution in [0.25, 0.3) is 21.9 Å². The predicted molar refractivity (Wildman–Crippen MR) is 135 cm³/mol. The number of carbonyl (C=O) groups excluding carboxylic acids is 1. The quantitative estimate of drug-likeness (QED) is 0.273. The Morgan fingerprint density at radius 3 is 2.79 bits per heavy atom. The van der Waals surface area contributed by atoms with Crippen molar-refractivity contribution in [2.24, 2.45) is 13.0 Å². The molecule has 0 saturated heterocycles. The van der Waals surface area contributed by atoms with E-state index >= 15 is 0 Å². The third kappa shape index (κ3) is 5.30. The molecule has 9 heteroatoms. The molecule has 0 fully saturated rings. The number of hydrogen-bond acceptors (Lipinski definition) is 6. The summed E-state index contributed by atoms with van der Waals surface area (Å²) in [6, 6.07) is 8.14. The number of anilines is 1. The van der Waals surface area contributed by atoms with E-state index in [1.807, 2.05) is 30.1 Å². The van der Waals surface area contributed by atoms with Gasteiger partial charge in [0, 0.05) is 37.2 Å². The Hall–Kier alpha value is -3.07. The van der Waals surface area contributed by atoms with Crippen LogP contribution in [0, 0.1) is 5.92 Å². The lowest BCUT2D eigenvalue weighted by atomic mass is 10.1. The molecule has 8 nitrogen and oxygen atoms in total. The number of nitrogens with one attached hydrogen (secondary N) is 2. The first-order chi connectivity index (χ1) is 16.0. The molecule has 33 heavy (non-hydrogen) atoms. The predicted octanol–water partition coefficient (Wildman–Crippen LogP) is 3.86. The molecule has 2 N–H and O–H groups in total. The molecule has 4 aromatic rings. The van der Waals surface area contributed by atoms with Gasteiger partial charge in [0.1, 0.15) is 5.82 Å². The van der Waals surface area contributed by atoms with E-state index in [1.165, 1.54) is 0 Å². The van der Waals surface area contributed by atoms with E-state index in [0.717, 1.165) is 50.8 Å². The van der Waals surface area contributed by atoms with Crippen LogP contribution in [-0.2, 0) is 24.8 Å². The summed E-state index contributed by atoms with van der Waals surface area (Å²) in [7, 11) is 2.00. The van der Waals surface area contributed by atoms with E-state index in [4.69, 9.17) is 4.98 Å². The molecule has 0 unspecified atom stereocenters. The van der Waals surface area contributed by atoms with Gasteiger partial charge < -0.3 is 15.2 Å². The minimum Gasteiger partial charge on any atom is -0.369 e. The smallest absolute Gasteiger partial charge is 0.224 e. The summed E-state index contributed by atoms with van der Waals surface area (Å²) in [4.78, 5) is 22.0. The van der Waals surface area contributed by atoms with Crippen LogP contribution in [0.4, 0.5) is 5.82 Å². The number of rotatable bonds is 10. The van der Waals surface area contributed by atoms with Crippen LogP contribution < -0.4 is 10.6 Å². The average Bonchev–Trinajstić information content (AvgIpc) is 3.33. The number of amides is 1. The fraction of sp³-hybridized carbons (Fsp3) is 0.417. The highest BCUT2D eigenvalue weighted by molar-refractivity contribution is 7.99. The highest BCUT2D eigenvalue weighted by Crippen LogP contribution is 2.24. The fourth-order valence-electron chi connectivity index (χ4n) is 3.83. The Kier molecular flexibility index (Phi) is 7.17. The van der Waals surface area contributed by atoms with Crippen LogP contribution in [0.15, 0.2) is 41.8 Å². The molecule has 0 atom stereocenters. The molecule has 4 rings (SSSR count). The Balaban J connectivity index is 1.43. The van der Waals surface area contributed by atoms with E-state index < -0.39 is 0 Å². The van der Waals surface area contributed by atoms with E-state index in [2.05, 4.69) is 58.2 Å². The van der Waals surface area contributed by atoms with Crippen molar-refractivity contribution in [1.29, 1.82) is 0 Å². The topological polar surface area (TPSA) is 89.7 Å². The zero-order valence-electron chi connectivity index (χ0n) is 19.6. The Morgan fingerprint density at radius 2 is 2.00 bits per heavy atom. The van der Waals surface area contributed by atoms with Gasteiger partial charge in [0.05, 0.1) is 24.5 Å². The van der Waals surface area contributed by atoms with Gasteiger partial charge in [-0.2, -0.15) is 5.10 Å². The first-order valence-corrected chi connectivity index (χ1v) is 12.3. The molecule has 0 aliphatic heterocycles. The molecular formula is C24H31N7OS. The molecule has 1 aromatic carbocycles. The van der Waals surface area contributed by atoms with E-state index in [0.29, 0.717) is 25.4 Å². The van der Waals surface area contributed by atoms with Crippen LogP contribution in [0.3, 0.4) is 0 Å². The lowest BCUT2D eigenvalue weighted by Crippen LogP contribution is -2.28. The van der Waals surface area contributed by atoms with Crippen LogP contribution in [-0.4, -0.2) is 49.1 Å². The molecule has 0 spiro atoms. The summed E-state index contributed by atoms with van der Waals surface area (Å²) < 4.78 is 3.90. The van der Waals surface area contributed by atoms with Crippen LogP contribution >= 0.6 is 11.8 Å². The fourth-order valence-corrected chi connectivity index (χ4v) is 4.40. The lowest BCUT2D eigenvalue weighted by molar-refractivity contribution is -0.120. The van der Waals surface area contributed by atoms with Gasteiger partial charge in [-0.05, 0) is 23.3 Å². The summed E-state index contributed by atoms with van der Waals surface area (Å²) in [5.74, 6) is 2.21. The third-order valence-electron chi connectivity index (χ3n) is 5.40. The van der Waals surface area contributed by atoms with Gasteiger partial charge >= 0.3 is 0 Å². The summed E-state index contributed by atoms with van der Waals surface area (Å²) in [5, 5.41) is 13.7. The van der Waals surface area contributed by atoms with Crippen molar-refractivity contribution < 1.29 is 4.79 Å². The Labute approximate surface area is 198 Å². The van der Waals surface area contributed by atoms with Crippen LogP contribution in [0.1, 0.15) is 26.3 Å². The van der Waals surface area contributed by atoms with E-state index in [-0.39, 0.29) is 5.91 Å². The maximum Gasteiger partial charge on any atom is 0.224 e. The first-order valence-electron chi connectivity index (χ1n) is 11.4. The largest absolute Gasteiger partial charge is 0.369 e. The lowest BCUT2D eigenvalue weighted by Gasteiger charge is -2.11. The number of aromatic nitrogens is 5. The standard InChI is InChI=1S/C24H31N7OS/c1-5-33-24-28-22(26-13-16(2)3)19-14-27-31(23(19)29-24)11-10-25-21(32)12-17-15-30(4)20-9-7-6-8-18(17)20/h6-9,14-16H,5,10-13H2,1-4H3,(H,25,32)(H,26,28,29). The van der Waals surface area contributed by atoms with Gasteiger partial charge in [0.2, 0.25) is 5.91 Å².